The predicted molar refractivity (Wildman–Crippen MR) is 92.4 cm³/mol. The zero-order valence-corrected chi connectivity index (χ0v) is 14.3. The lowest BCUT2D eigenvalue weighted by molar-refractivity contribution is 0.0874. The van der Waals surface area contributed by atoms with E-state index in [0.29, 0.717) is 37.4 Å². The molecule has 1 aromatic heterocycles. The van der Waals surface area contributed by atoms with Gasteiger partial charge in [0.1, 0.15) is 0 Å². The predicted octanol–water partition coefficient (Wildman–Crippen LogP) is 2.64. The average Bonchev–Trinajstić information content (AvgIpc) is 2.96. The third-order valence-corrected chi connectivity index (χ3v) is 4.53. The van der Waals surface area contributed by atoms with Crippen molar-refractivity contribution in [3.05, 3.63) is 47.6 Å². The summed E-state index contributed by atoms with van der Waals surface area (Å²) in [6.07, 6.45) is 3.17. The first kappa shape index (κ1) is 17.9. The van der Waals surface area contributed by atoms with Crippen LogP contribution in [0.25, 0.3) is 0 Å². The molecule has 5 nitrogen and oxygen atoms in total. The molecule has 0 radical (unpaired) electrons. The summed E-state index contributed by atoms with van der Waals surface area (Å²) in [4.78, 5) is 6.92. The van der Waals surface area contributed by atoms with Crippen molar-refractivity contribution < 1.29 is 4.52 Å². The van der Waals surface area contributed by atoms with E-state index in [1.54, 1.807) is 0 Å². The van der Waals surface area contributed by atoms with E-state index in [2.05, 4.69) is 34.1 Å². The van der Waals surface area contributed by atoms with Gasteiger partial charge in [0.15, 0.2) is 5.82 Å². The van der Waals surface area contributed by atoms with Gasteiger partial charge in [0.25, 0.3) is 0 Å². The van der Waals surface area contributed by atoms with E-state index in [4.69, 9.17) is 10.3 Å². The average molecular weight is 337 g/mol. The Morgan fingerprint density at radius 1 is 1.30 bits per heavy atom. The quantitative estimate of drug-likeness (QED) is 0.909. The van der Waals surface area contributed by atoms with Gasteiger partial charge in [0.05, 0.1) is 6.54 Å². The van der Waals surface area contributed by atoms with Crippen molar-refractivity contribution in [1.82, 2.24) is 15.0 Å². The number of piperidine rings is 1. The first-order valence-electron chi connectivity index (χ1n) is 8.05. The van der Waals surface area contributed by atoms with Gasteiger partial charge in [-0.25, -0.2) is 0 Å². The molecular formula is C17H25ClN4O. The topological polar surface area (TPSA) is 68.2 Å². The van der Waals surface area contributed by atoms with E-state index in [9.17, 15) is 0 Å². The second-order valence-corrected chi connectivity index (χ2v) is 6.16. The highest BCUT2D eigenvalue weighted by Gasteiger charge is 2.28. The highest BCUT2D eigenvalue weighted by molar-refractivity contribution is 5.85. The van der Waals surface area contributed by atoms with Crippen LogP contribution in [0.4, 0.5) is 0 Å². The lowest BCUT2D eigenvalue weighted by Gasteiger charge is -2.38. The SMILES string of the molecule is CC1CCCN(Cc2nc(Cc3ccccc3)no2)C1CN.Cl. The molecule has 2 N–H and O–H groups in total. The van der Waals surface area contributed by atoms with E-state index in [0.717, 1.165) is 12.4 Å². The minimum atomic E-state index is 0. The summed E-state index contributed by atoms with van der Waals surface area (Å²) >= 11 is 0. The van der Waals surface area contributed by atoms with Crippen LogP contribution in [0, 0.1) is 5.92 Å². The molecule has 2 aromatic rings. The van der Waals surface area contributed by atoms with Crippen LogP contribution in [0.2, 0.25) is 0 Å². The summed E-state index contributed by atoms with van der Waals surface area (Å²) in [6, 6.07) is 10.6. The minimum absolute atomic E-state index is 0. The Morgan fingerprint density at radius 3 is 2.83 bits per heavy atom. The molecule has 6 heteroatoms. The molecule has 2 atom stereocenters. The number of nitrogens with zero attached hydrogens (tertiary/aromatic N) is 3. The summed E-state index contributed by atoms with van der Waals surface area (Å²) < 4.78 is 5.42. The maximum atomic E-state index is 5.94. The standard InChI is InChI=1S/C17H24N4O.ClH/c1-13-6-5-9-21(15(13)11-18)12-17-19-16(20-22-17)10-14-7-3-2-4-8-14;/h2-4,7-8,13,15H,5-6,9-12,18H2,1H3;1H. The number of hydrogen-bond donors (Lipinski definition) is 1. The summed E-state index contributed by atoms with van der Waals surface area (Å²) in [5.74, 6) is 2.07. The normalized spacial score (nSPS) is 21.8. The summed E-state index contributed by atoms with van der Waals surface area (Å²) in [5.41, 5.74) is 7.13. The first-order chi connectivity index (χ1) is 10.8. The molecule has 0 amide bonds. The van der Waals surface area contributed by atoms with E-state index in [1.807, 2.05) is 18.2 Å². The summed E-state index contributed by atoms with van der Waals surface area (Å²) in [7, 11) is 0. The number of nitrogens with two attached hydrogens (primary N) is 1. The zero-order chi connectivity index (χ0) is 15.4. The van der Waals surface area contributed by atoms with Crippen molar-refractivity contribution >= 4 is 12.4 Å². The number of benzene rings is 1. The Morgan fingerprint density at radius 2 is 2.09 bits per heavy atom. The molecule has 0 aliphatic carbocycles. The summed E-state index contributed by atoms with van der Waals surface area (Å²) in [6.45, 7) is 4.72. The Bertz CT molecular complexity index is 589. The highest BCUT2D eigenvalue weighted by atomic mass is 35.5. The van der Waals surface area contributed by atoms with Crippen molar-refractivity contribution in [2.75, 3.05) is 13.1 Å². The van der Waals surface area contributed by atoms with Gasteiger partial charge in [-0.2, -0.15) is 4.98 Å². The van der Waals surface area contributed by atoms with Gasteiger partial charge < -0.3 is 10.3 Å². The number of halogens is 1. The van der Waals surface area contributed by atoms with Crippen LogP contribution in [0.5, 0.6) is 0 Å². The molecule has 1 fully saturated rings. The van der Waals surface area contributed by atoms with Gasteiger partial charge >= 0.3 is 0 Å². The van der Waals surface area contributed by atoms with Crippen LogP contribution in [-0.4, -0.2) is 34.2 Å². The lowest BCUT2D eigenvalue weighted by Crippen LogP contribution is -2.48. The van der Waals surface area contributed by atoms with Gasteiger partial charge in [-0.3, -0.25) is 4.90 Å². The van der Waals surface area contributed by atoms with Crippen LogP contribution >= 0.6 is 12.4 Å². The molecule has 0 spiro atoms. The fourth-order valence-electron chi connectivity index (χ4n) is 3.29. The van der Waals surface area contributed by atoms with Crippen molar-refractivity contribution in [1.29, 1.82) is 0 Å². The third kappa shape index (κ3) is 4.53. The van der Waals surface area contributed by atoms with E-state index in [1.165, 1.54) is 18.4 Å². The van der Waals surface area contributed by atoms with Crippen LogP contribution in [0.15, 0.2) is 34.9 Å². The van der Waals surface area contributed by atoms with Gasteiger partial charge in [-0.15, -0.1) is 12.4 Å². The van der Waals surface area contributed by atoms with E-state index >= 15 is 0 Å². The minimum Gasteiger partial charge on any atom is -0.338 e. The molecule has 126 valence electrons. The first-order valence-corrected chi connectivity index (χ1v) is 8.05. The molecule has 0 saturated carbocycles. The lowest BCUT2D eigenvalue weighted by atomic mass is 9.91. The van der Waals surface area contributed by atoms with Crippen molar-refractivity contribution in [3.8, 4) is 0 Å². The van der Waals surface area contributed by atoms with Gasteiger partial charge in [-0.05, 0) is 30.9 Å². The van der Waals surface area contributed by atoms with Gasteiger partial charge in [0, 0.05) is 19.0 Å². The van der Waals surface area contributed by atoms with Crippen LogP contribution in [0.3, 0.4) is 0 Å². The van der Waals surface area contributed by atoms with Crippen molar-refractivity contribution in [2.45, 2.75) is 38.8 Å². The smallest absolute Gasteiger partial charge is 0.240 e. The van der Waals surface area contributed by atoms with Crippen LogP contribution in [-0.2, 0) is 13.0 Å². The largest absolute Gasteiger partial charge is 0.338 e. The maximum Gasteiger partial charge on any atom is 0.240 e. The molecule has 1 aromatic carbocycles. The molecule has 1 aliphatic rings. The molecule has 0 bridgehead atoms. The molecule has 2 unspecified atom stereocenters. The second-order valence-electron chi connectivity index (χ2n) is 6.16. The Kier molecular flexibility index (Phi) is 6.57. The number of likely N-dealkylation sites (tertiary alicyclic amines) is 1. The van der Waals surface area contributed by atoms with Crippen molar-refractivity contribution in [2.24, 2.45) is 11.7 Å². The Hall–Kier alpha value is -1.43. The Labute approximate surface area is 143 Å². The monoisotopic (exact) mass is 336 g/mol. The second kappa shape index (κ2) is 8.43. The number of rotatable bonds is 5. The highest BCUT2D eigenvalue weighted by Crippen LogP contribution is 2.24. The maximum absolute atomic E-state index is 5.94. The zero-order valence-electron chi connectivity index (χ0n) is 13.5. The van der Waals surface area contributed by atoms with Crippen LogP contribution < -0.4 is 5.73 Å². The third-order valence-electron chi connectivity index (χ3n) is 4.53. The van der Waals surface area contributed by atoms with E-state index < -0.39 is 0 Å². The fraction of sp³-hybridized carbons (Fsp3) is 0.529. The number of aromatic nitrogens is 2. The number of hydrogen-bond acceptors (Lipinski definition) is 5. The van der Waals surface area contributed by atoms with Gasteiger partial charge in [0.2, 0.25) is 5.89 Å². The molecule has 23 heavy (non-hydrogen) atoms. The summed E-state index contributed by atoms with van der Waals surface area (Å²) in [5, 5.41) is 4.10. The molecular weight excluding hydrogens is 312 g/mol. The fourth-order valence-corrected chi connectivity index (χ4v) is 3.29. The Balaban J connectivity index is 0.00000192. The van der Waals surface area contributed by atoms with E-state index in [-0.39, 0.29) is 12.4 Å². The van der Waals surface area contributed by atoms with Gasteiger partial charge in [-0.1, -0.05) is 42.4 Å². The molecule has 1 aliphatic heterocycles. The van der Waals surface area contributed by atoms with Crippen molar-refractivity contribution in [3.63, 3.8) is 0 Å². The molecule has 3 rings (SSSR count). The molecule has 1 saturated heterocycles. The molecule has 2 heterocycles. The van der Waals surface area contributed by atoms with Crippen LogP contribution in [0.1, 0.15) is 37.0 Å².